The van der Waals surface area contributed by atoms with E-state index in [0.29, 0.717) is 19.5 Å². The summed E-state index contributed by atoms with van der Waals surface area (Å²) in [7, 11) is 0. The van der Waals surface area contributed by atoms with Gasteiger partial charge in [-0.15, -0.1) is 0 Å². The van der Waals surface area contributed by atoms with Crippen molar-refractivity contribution in [3.8, 4) is 0 Å². The van der Waals surface area contributed by atoms with Crippen molar-refractivity contribution in [2.24, 2.45) is 28.9 Å². The van der Waals surface area contributed by atoms with Crippen molar-refractivity contribution >= 4 is 5.91 Å². The summed E-state index contributed by atoms with van der Waals surface area (Å²) in [6.07, 6.45) is -17.2. The highest BCUT2D eigenvalue weighted by molar-refractivity contribution is 5.81. The highest BCUT2D eigenvalue weighted by Gasteiger charge is 2.55. The van der Waals surface area contributed by atoms with Crippen LogP contribution in [0.3, 0.4) is 0 Å². The lowest BCUT2D eigenvalue weighted by Crippen LogP contribution is -2.71. The minimum absolute atomic E-state index is 0.0833. The zero-order chi connectivity index (χ0) is 31.3. The molecule has 0 spiro atoms. The first-order valence-corrected chi connectivity index (χ1v) is 14.1. The Kier molecular flexibility index (Phi) is 13.2. The van der Waals surface area contributed by atoms with Gasteiger partial charge in [0.2, 0.25) is 5.91 Å². The van der Waals surface area contributed by atoms with Crippen LogP contribution in [0.5, 0.6) is 0 Å². The van der Waals surface area contributed by atoms with Crippen LogP contribution in [0.1, 0.15) is 12.8 Å². The minimum atomic E-state index is -1.68. The van der Waals surface area contributed by atoms with Crippen molar-refractivity contribution in [2.75, 3.05) is 32.8 Å². The number of nitrogens with two attached hydrogens (primary N) is 4. The predicted octanol–water partition coefficient (Wildman–Crippen LogP) is -8.56. The van der Waals surface area contributed by atoms with Gasteiger partial charge in [0.25, 0.3) is 0 Å². The maximum atomic E-state index is 12.5. The van der Waals surface area contributed by atoms with Crippen LogP contribution >= 0.6 is 0 Å². The second-order valence-electron chi connectivity index (χ2n) is 11.2. The molecule has 1 saturated carbocycles. The summed E-state index contributed by atoms with van der Waals surface area (Å²) in [6.45, 7) is -0.0646. The van der Waals surface area contributed by atoms with Gasteiger partial charge in [-0.3, -0.25) is 4.79 Å². The Labute approximate surface area is 242 Å². The summed E-state index contributed by atoms with van der Waals surface area (Å²) in [5, 5.41) is 89.6. The Bertz CT molecular complexity index is 850. The molecule has 3 fully saturated rings. The molecule has 18 N–H and O–H groups in total. The first kappa shape index (κ1) is 35.3. The van der Waals surface area contributed by atoms with Gasteiger partial charge in [0.1, 0.15) is 48.8 Å². The van der Waals surface area contributed by atoms with Crippen LogP contribution in [0, 0.1) is 5.92 Å². The smallest absolute Gasteiger partial charge is 0.250 e. The Morgan fingerprint density at radius 1 is 0.929 bits per heavy atom. The first-order valence-electron chi connectivity index (χ1n) is 14.1. The maximum absolute atomic E-state index is 12.5. The highest BCUT2D eigenvalue weighted by Crippen LogP contribution is 2.37. The van der Waals surface area contributed by atoms with Crippen LogP contribution in [0.15, 0.2) is 0 Å². The standard InChI is InChI=1S/C24H48N6O12/c25-2-1-3-29-6-11-16(34)19(37)20(38)22(40-11)13-8(27)4-9(30-23(39)10(32)5-26)21(17(13)35)42-24-18(36)14(28)15(33)12(7-31)41-24/h8-22,24,29,31-38H,1-7,25-28H2,(H,30,39). The average Bonchev–Trinajstić information content (AvgIpc) is 2.97. The molecule has 2 saturated heterocycles. The number of rotatable bonds is 12. The van der Waals surface area contributed by atoms with Crippen molar-refractivity contribution in [2.45, 2.75) is 104 Å². The zero-order valence-corrected chi connectivity index (χ0v) is 23.2. The molecule has 2 heterocycles. The van der Waals surface area contributed by atoms with E-state index in [0.717, 1.165) is 0 Å². The quantitative estimate of drug-likeness (QED) is 0.0909. The van der Waals surface area contributed by atoms with Crippen LogP contribution in [-0.2, 0) is 19.0 Å². The number of carbonyl (C=O) groups excluding carboxylic acids is 1. The largest absolute Gasteiger partial charge is 0.394 e. The van der Waals surface area contributed by atoms with Gasteiger partial charge in [0, 0.05) is 25.0 Å². The molecule has 18 heteroatoms. The lowest BCUT2D eigenvalue weighted by atomic mass is 9.72. The van der Waals surface area contributed by atoms with Gasteiger partial charge in [0.05, 0.1) is 37.0 Å². The third-order valence-corrected chi connectivity index (χ3v) is 8.26. The van der Waals surface area contributed by atoms with Crippen LogP contribution in [0.2, 0.25) is 0 Å². The SMILES string of the molecule is NCCCNCC1OC(C2C(N)CC(NC(=O)C(O)CN)C(OC3OC(CO)C(O)C(N)C3O)C2O)C(O)C(O)C1O. The molecule has 0 aromatic heterocycles. The van der Waals surface area contributed by atoms with Crippen molar-refractivity contribution < 1.29 is 59.9 Å². The molecule has 2 aliphatic heterocycles. The van der Waals surface area contributed by atoms with E-state index in [1.54, 1.807) is 0 Å². The molecule has 0 aromatic carbocycles. The summed E-state index contributed by atoms with van der Waals surface area (Å²) in [5.74, 6) is -2.05. The Morgan fingerprint density at radius 2 is 1.62 bits per heavy atom. The summed E-state index contributed by atoms with van der Waals surface area (Å²) in [5.41, 5.74) is 23.2. The minimum Gasteiger partial charge on any atom is -0.394 e. The number of carbonyl (C=O) groups is 1. The van der Waals surface area contributed by atoms with Crippen molar-refractivity contribution in [1.82, 2.24) is 10.6 Å². The number of aliphatic hydroxyl groups is 8. The summed E-state index contributed by atoms with van der Waals surface area (Å²) >= 11 is 0. The van der Waals surface area contributed by atoms with E-state index in [1.165, 1.54) is 0 Å². The molecule has 18 nitrogen and oxygen atoms in total. The summed E-state index contributed by atoms with van der Waals surface area (Å²) < 4.78 is 17.4. The molecule has 0 radical (unpaired) electrons. The summed E-state index contributed by atoms with van der Waals surface area (Å²) in [4.78, 5) is 12.5. The highest BCUT2D eigenvalue weighted by atomic mass is 16.7. The number of hydrogen-bond donors (Lipinski definition) is 14. The van der Waals surface area contributed by atoms with Gasteiger partial charge < -0.3 is 88.6 Å². The van der Waals surface area contributed by atoms with Gasteiger partial charge in [-0.1, -0.05) is 0 Å². The molecule has 3 rings (SSSR count). The van der Waals surface area contributed by atoms with Gasteiger partial charge >= 0.3 is 0 Å². The fourth-order valence-electron chi connectivity index (χ4n) is 5.76. The zero-order valence-electron chi connectivity index (χ0n) is 23.2. The van der Waals surface area contributed by atoms with Crippen LogP contribution in [-0.4, -0.2) is 171 Å². The molecule has 1 amide bonds. The van der Waals surface area contributed by atoms with Crippen molar-refractivity contribution in [3.05, 3.63) is 0 Å². The second kappa shape index (κ2) is 15.7. The Balaban J connectivity index is 1.88. The van der Waals surface area contributed by atoms with Crippen molar-refractivity contribution in [1.29, 1.82) is 0 Å². The molecule has 3 aliphatic rings. The normalized spacial score (nSPS) is 45.4. The van der Waals surface area contributed by atoms with E-state index < -0.39 is 117 Å². The Morgan fingerprint density at radius 3 is 2.24 bits per heavy atom. The van der Waals surface area contributed by atoms with Crippen LogP contribution in [0.25, 0.3) is 0 Å². The molecule has 0 aromatic rings. The second-order valence-corrected chi connectivity index (χ2v) is 11.2. The van der Waals surface area contributed by atoms with Gasteiger partial charge in [0.15, 0.2) is 6.29 Å². The topological polar surface area (TPSA) is 335 Å². The predicted molar refractivity (Wildman–Crippen MR) is 143 cm³/mol. The van der Waals surface area contributed by atoms with E-state index >= 15 is 0 Å². The average molecular weight is 613 g/mol. The monoisotopic (exact) mass is 612 g/mol. The van der Waals surface area contributed by atoms with E-state index in [4.69, 9.17) is 37.1 Å². The van der Waals surface area contributed by atoms with E-state index in [2.05, 4.69) is 10.6 Å². The van der Waals surface area contributed by atoms with E-state index in [9.17, 15) is 45.6 Å². The molecular weight excluding hydrogens is 564 g/mol. The van der Waals surface area contributed by atoms with E-state index in [1.807, 2.05) is 0 Å². The molecule has 42 heavy (non-hydrogen) atoms. The molecule has 246 valence electrons. The third-order valence-electron chi connectivity index (χ3n) is 8.26. The fraction of sp³-hybridized carbons (Fsp3) is 0.958. The lowest BCUT2D eigenvalue weighted by molar-refractivity contribution is -0.310. The number of aliphatic hydroxyl groups excluding tert-OH is 8. The molecule has 0 bridgehead atoms. The number of nitrogens with one attached hydrogen (secondary N) is 2. The fourth-order valence-corrected chi connectivity index (χ4v) is 5.76. The summed E-state index contributed by atoms with van der Waals surface area (Å²) in [6, 6.07) is -3.39. The van der Waals surface area contributed by atoms with Crippen molar-refractivity contribution in [3.63, 3.8) is 0 Å². The maximum Gasteiger partial charge on any atom is 0.250 e. The van der Waals surface area contributed by atoms with E-state index in [-0.39, 0.29) is 13.0 Å². The van der Waals surface area contributed by atoms with Gasteiger partial charge in [-0.2, -0.15) is 0 Å². The molecular formula is C24H48N6O12. The first-order chi connectivity index (χ1) is 19.9. The molecule has 16 unspecified atom stereocenters. The lowest BCUT2D eigenvalue weighted by Gasteiger charge is -2.52. The molecule has 16 atom stereocenters. The number of ether oxygens (including phenoxy) is 3. The van der Waals surface area contributed by atoms with Crippen LogP contribution < -0.4 is 33.6 Å². The van der Waals surface area contributed by atoms with Crippen LogP contribution in [0.4, 0.5) is 0 Å². The number of hydrogen-bond acceptors (Lipinski definition) is 17. The van der Waals surface area contributed by atoms with Gasteiger partial charge in [-0.05, 0) is 25.9 Å². The number of amides is 1. The molecule has 1 aliphatic carbocycles. The third kappa shape index (κ3) is 7.72. The Hall–Kier alpha value is -1.17. The van der Waals surface area contributed by atoms with Gasteiger partial charge in [-0.25, -0.2) is 0 Å².